The molecule has 0 radical (unpaired) electrons. The van der Waals surface area contributed by atoms with Crippen LogP contribution >= 0.6 is 0 Å². The molecule has 0 spiro atoms. The van der Waals surface area contributed by atoms with Crippen LogP contribution in [0.2, 0.25) is 0 Å². The second-order valence-electron chi connectivity index (χ2n) is 7.32. The van der Waals surface area contributed by atoms with Crippen molar-refractivity contribution in [1.82, 2.24) is 9.88 Å². The van der Waals surface area contributed by atoms with Gasteiger partial charge in [-0.25, -0.2) is 0 Å². The smallest absolute Gasteiger partial charge is 0.263 e. The minimum Gasteiger partial charge on any atom is -0.322 e. The SMILES string of the molecule is CCCCc1ccc(NC(=O)c2c(C)ccn(C3CCNCC3)c2=O)cc1. The molecule has 1 aliphatic rings. The van der Waals surface area contributed by atoms with Crippen LogP contribution in [0.5, 0.6) is 0 Å². The van der Waals surface area contributed by atoms with E-state index in [1.807, 2.05) is 43.5 Å². The number of hydrogen-bond donors (Lipinski definition) is 2. The molecule has 1 saturated heterocycles. The molecule has 1 aliphatic heterocycles. The predicted octanol–water partition coefficient (Wildman–Crippen LogP) is 3.68. The number of hydrogen-bond acceptors (Lipinski definition) is 3. The van der Waals surface area contributed by atoms with Gasteiger partial charge in [-0.2, -0.15) is 0 Å². The monoisotopic (exact) mass is 367 g/mol. The number of nitrogens with one attached hydrogen (secondary N) is 2. The Morgan fingerprint density at radius 2 is 1.89 bits per heavy atom. The lowest BCUT2D eigenvalue weighted by molar-refractivity contribution is 0.102. The minimum atomic E-state index is -0.331. The lowest BCUT2D eigenvalue weighted by Crippen LogP contribution is -2.37. The van der Waals surface area contributed by atoms with Gasteiger partial charge in [-0.05, 0) is 75.0 Å². The largest absolute Gasteiger partial charge is 0.322 e. The normalized spacial score (nSPS) is 14.9. The van der Waals surface area contributed by atoms with E-state index in [1.54, 1.807) is 4.57 Å². The molecule has 1 aromatic carbocycles. The van der Waals surface area contributed by atoms with Gasteiger partial charge in [0.2, 0.25) is 0 Å². The molecule has 5 heteroatoms. The molecule has 3 rings (SSSR count). The van der Waals surface area contributed by atoms with Crippen molar-refractivity contribution >= 4 is 11.6 Å². The summed E-state index contributed by atoms with van der Waals surface area (Å²) in [6.07, 6.45) is 7.00. The fourth-order valence-corrected chi connectivity index (χ4v) is 3.62. The van der Waals surface area contributed by atoms with Gasteiger partial charge in [0.1, 0.15) is 5.56 Å². The summed E-state index contributed by atoms with van der Waals surface area (Å²) in [5, 5.41) is 6.20. The molecule has 2 heterocycles. The van der Waals surface area contributed by atoms with Crippen LogP contribution in [0.25, 0.3) is 0 Å². The van der Waals surface area contributed by atoms with Gasteiger partial charge in [0.15, 0.2) is 0 Å². The van der Waals surface area contributed by atoms with Crippen molar-refractivity contribution in [3.05, 3.63) is 63.6 Å². The van der Waals surface area contributed by atoms with Crippen molar-refractivity contribution in [3.63, 3.8) is 0 Å². The van der Waals surface area contributed by atoms with E-state index in [2.05, 4.69) is 17.6 Å². The molecule has 0 atom stereocenters. The highest BCUT2D eigenvalue weighted by atomic mass is 16.2. The summed E-state index contributed by atoms with van der Waals surface area (Å²) < 4.78 is 1.73. The Morgan fingerprint density at radius 1 is 1.19 bits per heavy atom. The Balaban J connectivity index is 1.78. The van der Waals surface area contributed by atoms with E-state index in [0.29, 0.717) is 5.56 Å². The fraction of sp³-hybridized carbons (Fsp3) is 0.455. The van der Waals surface area contributed by atoms with Crippen LogP contribution in [0.1, 0.15) is 60.1 Å². The van der Waals surface area contributed by atoms with Crippen LogP contribution in [-0.4, -0.2) is 23.6 Å². The van der Waals surface area contributed by atoms with Gasteiger partial charge in [-0.1, -0.05) is 25.5 Å². The van der Waals surface area contributed by atoms with E-state index in [9.17, 15) is 9.59 Å². The van der Waals surface area contributed by atoms with E-state index in [4.69, 9.17) is 0 Å². The fourth-order valence-electron chi connectivity index (χ4n) is 3.62. The van der Waals surface area contributed by atoms with Crippen LogP contribution < -0.4 is 16.2 Å². The maximum atomic E-state index is 13.0. The van der Waals surface area contributed by atoms with Crippen molar-refractivity contribution in [2.24, 2.45) is 0 Å². The first kappa shape index (κ1) is 19.4. The molecule has 144 valence electrons. The Morgan fingerprint density at radius 3 is 2.56 bits per heavy atom. The Labute approximate surface area is 160 Å². The van der Waals surface area contributed by atoms with Crippen molar-refractivity contribution in [2.45, 2.75) is 52.0 Å². The van der Waals surface area contributed by atoms with Gasteiger partial charge in [0, 0.05) is 17.9 Å². The second-order valence-corrected chi connectivity index (χ2v) is 7.32. The van der Waals surface area contributed by atoms with Crippen LogP contribution in [0.3, 0.4) is 0 Å². The first-order valence-electron chi connectivity index (χ1n) is 9.93. The molecule has 5 nitrogen and oxygen atoms in total. The average Bonchev–Trinajstić information content (AvgIpc) is 2.68. The average molecular weight is 367 g/mol. The van der Waals surface area contributed by atoms with Gasteiger partial charge < -0.3 is 15.2 Å². The van der Waals surface area contributed by atoms with Crippen LogP contribution in [-0.2, 0) is 6.42 Å². The first-order chi connectivity index (χ1) is 13.1. The summed E-state index contributed by atoms with van der Waals surface area (Å²) in [4.78, 5) is 25.8. The third kappa shape index (κ3) is 4.66. The van der Waals surface area contributed by atoms with E-state index >= 15 is 0 Å². The number of unbranched alkanes of at least 4 members (excludes halogenated alkanes) is 1. The summed E-state index contributed by atoms with van der Waals surface area (Å²) in [6.45, 7) is 5.79. The Hall–Kier alpha value is -2.40. The molecule has 1 amide bonds. The molecule has 1 aromatic heterocycles. The topological polar surface area (TPSA) is 63.1 Å². The van der Waals surface area contributed by atoms with Crippen molar-refractivity contribution < 1.29 is 4.79 Å². The molecule has 0 aliphatic carbocycles. The molecule has 27 heavy (non-hydrogen) atoms. The number of amides is 1. The maximum absolute atomic E-state index is 13.0. The number of rotatable bonds is 6. The number of carbonyl (C=O) groups is 1. The van der Waals surface area contributed by atoms with Crippen molar-refractivity contribution in [1.29, 1.82) is 0 Å². The molecule has 0 bridgehead atoms. The molecule has 0 saturated carbocycles. The Kier molecular flexibility index (Phi) is 6.45. The van der Waals surface area contributed by atoms with Gasteiger partial charge in [0.05, 0.1) is 0 Å². The number of carbonyl (C=O) groups excluding carboxylic acids is 1. The van der Waals surface area contributed by atoms with Crippen LogP contribution in [0.4, 0.5) is 5.69 Å². The zero-order valence-electron chi connectivity index (χ0n) is 16.3. The quantitative estimate of drug-likeness (QED) is 0.819. The maximum Gasteiger partial charge on any atom is 0.263 e. The number of pyridine rings is 1. The van der Waals surface area contributed by atoms with Gasteiger partial charge in [-0.15, -0.1) is 0 Å². The van der Waals surface area contributed by atoms with Crippen molar-refractivity contribution in [3.8, 4) is 0 Å². The van der Waals surface area contributed by atoms with Gasteiger partial charge in [-0.3, -0.25) is 9.59 Å². The number of anilines is 1. The highest BCUT2D eigenvalue weighted by Crippen LogP contribution is 2.18. The van der Waals surface area contributed by atoms with E-state index < -0.39 is 0 Å². The van der Waals surface area contributed by atoms with Gasteiger partial charge in [0.25, 0.3) is 11.5 Å². The van der Waals surface area contributed by atoms with Crippen LogP contribution in [0.15, 0.2) is 41.3 Å². The zero-order chi connectivity index (χ0) is 19.2. The highest BCUT2D eigenvalue weighted by Gasteiger charge is 2.21. The number of nitrogens with zero attached hydrogens (tertiary/aromatic N) is 1. The lowest BCUT2D eigenvalue weighted by Gasteiger charge is -2.25. The molecule has 2 aromatic rings. The summed E-state index contributed by atoms with van der Waals surface area (Å²) >= 11 is 0. The molecular formula is C22H29N3O2. The molecule has 0 unspecified atom stereocenters. The van der Waals surface area contributed by atoms with Gasteiger partial charge >= 0.3 is 0 Å². The zero-order valence-corrected chi connectivity index (χ0v) is 16.3. The Bertz CT molecular complexity index is 834. The summed E-state index contributed by atoms with van der Waals surface area (Å²) in [7, 11) is 0. The molecule has 1 fully saturated rings. The summed E-state index contributed by atoms with van der Waals surface area (Å²) in [5.41, 5.74) is 2.74. The number of piperidine rings is 1. The standard InChI is InChI=1S/C22H29N3O2/c1-3-4-5-17-6-8-18(9-7-17)24-21(26)20-16(2)12-15-25(22(20)27)19-10-13-23-14-11-19/h6-9,12,15,19,23H,3-5,10-11,13-14H2,1-2H3,(H,24,26). The highest BCUT2D eigenvalue weighted by molar-refractivity contribution is 6.05. The number of benzene rings is 1. The number of aryl methyl sites for hydroxylation is 2. The number of aromatic nitrogens is 1. The van der Waals surface area contributed by atoms with Crippen molar-refractivity contribution in [2.75, 3.05) is 18.4 Å². The lowest BCUT2D eigenvalue weighted by atomic mass is 10.0. The third-order valence-corrected chi connectivity index (χ3v) is 5.29. The predicted molar refractivity (Wildman–Crippen MR) is 110 cm³/mol. The summed E-state index contributed by atoms with van der Waals surface area (Å²) in [5.74, 6) is -0.331. The summed E-state index contributed by atoms with van der Waals surface area (Å²) in [6, 6.07) is 9.92. The third-order valence-electron chi connectivity index (χ3n) is 5.29. The van der Waals surface area contributed by atoms with E-state index in [0.717, 1.165) is 50.9 Å². The van der Waals surface area contributed by atoms with Crippen LogP contribution in [0, 0.1) is 6.92 Å². The van der Waals surface area contributed by atoms with E-state index in [-0.39, 0.29) is 23.1 Å². The first-order valence-corrected chi connectivity index (χ1v) is 9.93. The van der Waals surface area contributed by atoms with E-state index in [1.165, 1.54) is 5.56 Å². The molecule has 2 N–H and O–H groups in total. The molecular weight excluding hydrogens is 338 g/mol. The second kappa shape index (κ2) is 9.00. The minimum absolute atomic E-state index is 0.156.